The summed E-state index contributed by atoms with van der Waals surface area (Å²) in [5, 5.41) is 0. The van der Waals surface area contributed by atoms with Gasteiger partial charge in [0.15, 0.2) is 0 Å². The number of hydrogen-bond donors (Lipinski definition) is 1. The summed E-state index contributed by atoms with van der Waals surface area (Å²) < 4.78 is 51.9. The Bertz CT molecular complexity index is 439. The van der Waals surface area contributed by atoms with Gasteiger partial charge in [0.05, 0.1) is 26.4 Å². The maximum absolute atomic E-state index is 11.2. The molecule has 0 aliphatic rings. The second-order valence-electron chi connectivity index (χ2n) is 5.04. The molecule has 142 valence electrons. The Balaban J connectivity index is 3.89. The molecule has 0 saturated heterocycles. The lowest BCUT2D eigenvalue weighted by molar-refractivity contribution is 0.00353. The van der Waals surface area contributed by atoms with Gasteiger partial charge >= 0.3 is 10.1 Å². The third kappa shape index (κ3) is 14.7. The van der Waals surface area contributed by atoms with Crippen molar-refractivity contribution in [3.63, 3.8) is 0 Å². The molecule has 0 bridgehead atoms. The molecule has 1 atom stereocenters. The lowest BCUT2D eigenvalue weighted by Crippen LogP contribution is -2.28. The van der Waals surface area contributed by atoms with Crippen molar-refractivity contribution in [2.75, 3.05) is 39.6 Å². The van der Waals surface area contributed by atoms with Crippen LogP contribution in [0.15, 0.2) is 0 Å². The fourth-order valence-corrected chi connectivity index (χ4v) is 2.08. The second-order valence-corrected chi connectivity index (χ2v) is 6.59. The molecule has 0 aromatic rings. The second kappa shape index (κ2) is 15.7. The fraction of sp³-hybridized carbons (Fsp3) is 0.875. The quantitative estimate of drug-likeness (QED) is 0.270. The Morgan fingerprint density at radius 2 is 1.62 bits per heavy atom. The number of ether oxygens (including phenoxy) is 4. The fourth-order valence-electron chi connectivity index (χ4n) is 1.64. The van der Waals surface area contributed by atoms with Gasteiger partial charge in [0, 0.05) is 13.0 Å². The third-order valence-corrected chi connectivity index (χ3v) is 3.85. The van der Waals surface area contributed by atoms with E-state index in [4.69, 9.17) is 23.5 Å². The van der Waals surface area contributed by atoms with E-state index in [-0.39, 0.29) is 13.2 Å². The van der Waals surface area contributed by atoms with E-state index in [1.807, 2.05) is 6.92 Å². The van der Waals surface area contributed by atoms with E-state index in [9.17, 15) is 8.42 Å². The largest absolute Gasteiger partial charge is 0.422 e. The van der Waals surface area contributed by atoms with Gasteiger partial charge in [-0.1, -0.05) is 32.1 Å². The van der Waals surface area contributed by atoms with Crippen LogP contribution < -0.4 is 0 Å². The molecule has 0 aliphatic carbocycles. The molecule has 8 heteroatoms. The summed E-state index contributed by atoms with van der Waals surface area (Å²) in [6.45, 7) is 5.77. The molecule has 0 aromatic carbocycles. The monoisotopic (exact) mass is 366 g/mol. The predicted octanol–water partition coefficient (Wildman–Crippen LogP) is 2.22. The van der Waals surface area contributed by atoms with E-state index < -0.39 is 15.6 Å². The minimum atomic E-state index is -4.38. The topological polar surface area (TPSA) is 91.3 Å². The van der Waals surface area contributed by atoms with Crippen molar-refractivity contribution in [1.29, 1.82) is 0 Å². The molecule has 0 aromatic heterocycles. The maximum atomic E-state index is 11.2. The molecule has 0 aliphatic heterocycles. The van der Waals surface area contributed by atoms with Gasteiger partial charge in [-0.15, -0.1) is 0 Å². The summed E-state index contributed by atoms with van der Waals surface area (Å²) in [6.07, 6.45) is 7.27. The van der Waals surface area contributed by atoms with Crippen molar-refractivity contribution in [1.82, 2.24) is 0 Å². The van der Waals surface area contributed by atoms with Gasteiger partial charge < -0.3 is 18.9 Å². The molecule has 7 nitrogen and oxygen atoms in total. The molecule has 0 saturated carbocycles. The molecular weight excluding hydrogens is 336 g/mol. The van der Waals surface area contributed by atoms with Crippen LogP contribution in [0.2, 0.25) is 0 Å². The summed E-state index contributed by atoms with van der Waals surface area (Å²) in [4.78, 5) is 0. The first-order valence-electron chi connectivity index (χ1n) is 8.35. The molecular formula is C16H30O7S. The van der Waals surface area contributed by atoms with Crippen LogP contribution >= 0.6 is 0 Å². The first-order valence-corrected chi connectivity index (χ1v) is 9.85. The van der Waals surface area contributed by atoms with Crippen LogP contribution in [-0.2, 0) is 29.1 Å². The zero-order valence-electron chi connectivity index (χ0n) is 14.7. The van der Waals surface area contributed by atoms with Crippen molar-refractivity contribution in [3.8, 4) is 12.0 Å². The lowest BCUT2D eigenvalue weighted by atomic mass is 10.2. The Hall–Kier alpha value is -0.850. The van der Waals surface area contributed by atoms with E-state index in [0.717, 1.165) is 25.7 Å². The third-order valence-electron chi connectivity index (χ3n) is 2.95. The van der Waals surface area contributed by atoms with E-state index in [0.29, 0.717) is 32.8 Å². The summed E-state index contributed by atoms with van der Waals surface area (Å²) in [5.74, 6) is 2.74. The normalized spacial score (nSPS) is 12.5. The standard InChI is InChI=1S/C16H30O7S/c1-3-5-6-7-8-9-10-23-16(24(17,18)19)15-22-14-13-21-12-11-20-4-2/h16H,3-8,11-15H2,1-2H3,(H,17,18,19). The molecule has 0 heterocycles. The highest BCUT2D eigenvalue weighted by Gasteiger charge is 2.24. The van der Waals surface area contributed by atoms with E-state index in [2.05, 4.69) is 19.0 Å². The molecule has 1 N–H and O–H groups in total. The van der Waals surface area contributed by atoms with Crippen molar-refractivity contribution >= 4 is 10.1 Å². The summed E-state index contributed by atoms with van der Waals surface area (Å²) in [6, 6.07) is 0. The van der Waals surface area contributed by atoms with Gasteiger partial charge in [0.25, 0.3) is 5.44 Å². The van der Waals surface area contributed by atoms with Gasteiger partial charge in [-0.3, -0.25) is 4.55 Å². The van der Waals surface area contributed by atoms with Crippen LogP contribution in [-0.4, -0.2) is 58.0 Å². The molecule has 24 heavy (non-hydrogen) atoms. The van der Waals surface area contributed by atoms with Crippen LogP contribution in [0.4, 0.5) is 0 Å². The van der Waals surface area contributed by atoms with E-state index >= 15 is 0 Å². The maximum Gasteiger partial charge on any atom is 0.306 e. The Labute approximate surface area is 145 Å². The smallest absolute Gasteiger partial charge is 0.306 e. The predicted molar refractivity (Wildman–Crippen MR) is 91.1 cm³/mol. The average molecular weight is 366 g/mol. The Morgan fingerprint density at radius 1 is 0.958 bits per heavy atom. The number of hydrogen-bond acceptors (Lipinski definition) is 6. The molecule has 0 spiro atoms. The highest BCUT2D eigenvalue weighted by Crippen LogP contribution is 2.03. The van der Waals surface area contributed by atoms with Crippen molar-refractivity contribution in [3.05, 3.63) is 0 Å². The van der Waals surface area contributed by atoms with Crippen LogP contribution in [0.3, 0.4) is 0 Å². The van der Waals surface area contributed by atoms with Crippen molar-refractivity contribution < 1.29 is 31.9 Å². The van der Waals surface area contributed by atoms with Crippen LogP contribution in [0.5, 0.6) is 0 Å². The van der Waals surface area contributed by atoms with Crippen LogP contribution in [0, 0.1) is 12.0 Å². The molecule has 0 rings (SSSR count). The number of rotatable bonds is 15. The highest BCUT2D eigenvalue weighted by atomic mass is 32.2. The molecule has 0 amide bonds. The van der Waals surface area contributed by atoms with Gasteiger partial charge in [-0.25, -0.2) is 0 Å². The molecule has 0 fully saturated rings. The van der Waals surface area contributed by atoms with E-state index in [1.54, 1.807) is 0 Å². The summed E-state index contributed by atoms with van der Waals surface area (Å²) in [7, 11) is -4.38. The molecule has 0 radical (unpaired) electrons. The average Bonchev–Trinajstić information content (AvgIpc) is 2.53. The van der Waals surface area contributed by atoms with Gasteiger partial charge in [-0.05, 0) is 13.3 Å². The highest BCUT2D eigenvalue weighted by molar-refractivity contribution is 7.86. The van der Waals surface area contributed by atoms with Gasteiger partial charge in [-0.2, -0.15) is 8.42 Å². The van der Waals surface area contributed by atoms with Crippen LogP contribution in [0.1, 0.15) is 46.0 Å². The Morgan fingerprint density at radius 3 is 2.25 bits per heavy atom. The van der Waals surface area contributed by atoms with Crippen molar-refractivity contribution in [2.45, 2.75) is 51.4 Å². The lowest BCUT2D eigenvalue weighted by Gasteiger charge is -2.12. The van der Waals surface area contributed by atoms with Gasteiger partial charge in [0.1, 0.15) is 12.7 Å². The molecule has 1 unspecified atom stereocenters. The summed E-state index contributed by atoms with van der Waals surface area (Å²) >= 11 is 0. The van der Waals surface area contributed by atoms with Gasteiger partial charge in [0.2, 0.25) is 0 Å². The first-order chi connectivity index (χ1) is 11.5. The Kier molecular flexibility index (Phi) is 15.1. The summed E-state index contributed by atoms with van der Waals surface area (Å²) in [5.41, 5.74) is -1.51. The van der Waals surface area contributed by atoms with Crippen LogP contribution in [0.25, 0.3) is 0 Å². The SMILES string of the molecule is CCCCCCC#COC(COCCOCCOCC)S(=O)(=O)O. The number of unbranched alkanes of at least 4 members (excludes halogenated alkanes) is 4. The van der Waals surface area contributed by atoms with Crippen molar-refractivity contribution in [2.24, 2.45) is 0 Å². The zero-order chi connectivity index (χ0) is 18.1. The minimum absolute atomic E-state index is 0.186. The first kappa shape index (κ1) is 23.1. The van der Waals surface area contributed by atoms with E-state index in [1.165, 1.54) is 0 Å². The minimum Gasteiger partial charge on any atom is -0.422 e. The zero-order valence-corrected chi connectivity index (χ0v) is 15.5.